The minimum atomic E-state index is -3.44. The van der Waals surface area contributed by atoms with Crippen LogP contribution in [0.3, 0.4) is 0 Å². The Morgan fingerprint density at radius 1 is 1.35 bits per heavy atom. The SMILES string of the molecule is CCS(=O)(=O)c1ccccc1C(=O)Nc1ncc(C)s1. The van der Waals surface area contributed by atoms with Crippen molar-refractivity contribution in [2.24, 2.45) is 0 Å². The fraction of sp³-hybridized carbons (Fsp3) is 0.231. The van der Waals surface area contributed by atoms with Crippen molar-refractivity contribution in [3.63, 3.8) is 0 Å². The first-order valence-corrected chi connectivity index (χ1v) is 8.46. The van der Waals surface area contributed by atoms with Crippen LogP contribution in [0.15, 0.2) is 35.4 Å². The quantitative estimate of drug-likeness (QED) is 0.941. The Hall–Kier alpha value is -1.73. The van der Waals surface area contributed by atoms with Crippen molar-refractivity contribution in [2.75, 3.05) is 11.1 Å². The van der Waals surface area contributed by atoms with E-state index in [1.54, 1.807) is 25.3 Å². The minimum Gasteiger partial charge on any atom is -0.298 e. The summed E-state index contributed by atoms with van der Waals surface area (Å²) in [5.74, 6) is -0.514. The number of sulfone groups is 1. The molecule has 1 N–H and O–H groups in total. The van der Waals surface area contributed by atoms with Crippen LogP contribution in [0, 0.1) is 6.92 Å². The van der Waals surface area contributed by atoms with Gasteiger partial charge in [0, 0.05) is 11.1 Å². The normalized spacial score (nSPS) is 11.3. The molecule has 1 aromatic heterocycles. The van der Waals surface area contributed by atoms with E-state index >= 15 is 0 Å². The average molecular weight is 310 g/mol. The second-order valence-corrected chi connectivity index (χ2v) is 7.61. The summed E-state index contributed by atoms with van der Waals surface area (Å²) in [7, 11) is -3.44. The number of anilines is 1. The Labute approximate surface area is 121 Å². The molecule has 1 aromatic carbocycles. The maximum Gasteiger partial charge on any atom is 0.258 e. The number of carbonyl (C=O) groups is 1. The number of benzene rings is 1. The van der Waals surface area contributed by atoms with E-state index in [-0.39, 0.29) is 16.2 Å². The van der Waals surface area contributed by atoms with Gasteiger partial charge in [-0.2, -0.15) is 0 Å². The summed E-state index contributed by atoms with van der Waals surface area (Å²) < 4.78 is 24.0. The highest BCUT2D eigenvalue weighted by molar-refractivity contribution is 7.91. The van der Waals surface area contributed by atoms with Crippen molar-refractivity contribution >= 4 is 32.2 Å². The van der Waals surface area contributed by atoms with Crippen LogP contribution in [-0.4, -0.2) is 25.1 Å². The lowest BCUT2D eigenvalue weighted by Crippen LogP contribution is -2.17. The highest BCUT2D eigenvalue weighted by Gasteiger charge is 2.20. The molecular weight excluding hydrogens is 296 g/mol. The number of rotatable bonds is 4. The van der Waals surface area contributed by atoms with Gasteiger partial charge in [-0.3, -0.25) is 10.1 Å². The first-order chi connectivity index (χ1) is 9.44. The van der Waals surface area contributed by atoms with Crippen molar-refractivity contribution in [3.05, 3.63) is 40.9 Å². The number of aryl methyl sites for hydroxylation is 1. The molecule has 106 valence electrons. The molecule has 0 fully saturated rings. The third-order valence-corrected chi connectivity index (χ3v) is 5.30. The van der Waals surface area contributed by atoms with Crippen LogP contribution in [0.4, 0.5) is 5.13 Å². The molecule has 0 aliphatic carbocycles. The van der Waals surface area contributed by atoms with E-state index < -0.39 is 15.7 Å². The molecule has 5 nitrogen and oxygen atoms in total. The molecule has 7 heteroatoms. The number of amides is 1. The number of hydrogen-bond acceptors (Lipinski definition) is 5. The third kappa shape index (κ3) is 3.05. The van der Waals surface area contributed by atoms with Crippen molar-refractivity contribution in [1.29, 1.82) is 0 Å². The zero-order chi connectivity index (χ0) is 14.8. The molecule has 0 spiro atoms. The summed E-state index contributed by atoms with van der Waals surface area (Å²) in [5.41, 5.74) is 0.141. The molecule has 0 aliphatic rings. The topological polar surface area (TPSA) is 76.1 Å². The minimum absolute atomic E-state index is 0.0480. The molecule has 0 atom stereocenters. The lowest BCUT2D eigenvalue weighted by atomic mass is 10.2. The summed E-state index contributed by atoms with van der Waals surface area (Å²) in [6, 6.07) is 6.18. The Morgan fingerprint density at radius 3 is 2.65 bits per heavy atom. The number of carbonyl (C=O) groups excluding carboxylic acids is 1. The summed E-state index contributed by atoms with van der Waals surface area (Å²) >= 11 is 1.34. The predicted molar refractivity (Wildman–Crippen MR) is 79.0 cm³/mol. The Balaban J connectivity index is 2.36. The lowest BCUT2D eigenvalue weighted by Gasteiger charge is -2.08. The monoisotopic (exact) mass is 310 g/mol. The summed E-state index contributed by atoms with van der Waals surface area (Å²) in [5, 5.41) is 3.07. The predicted octanol–water partition coefficient (Wildman–Crippen LogP) is 2.50. The largest absolute Gasteiger partial charge is 0.298 e. The first-order valence-electron chi connectivity index (χ1n) is 5.99. The summed E-state index contributed by atoms with van der Waals surface area (Å²) in [4.78, 5) is 17.2. The zero-order valence-corrected chi connectivity index (χ0v) is 12.7. The van der Waals surface area contributed by atoms with Gasteiger partial charge in [0.15, 0.2) is 15.0 Å². The van der Waals surface area contributed by atoms with Gasteiger partial charge in [0.05, 0.1) is 16.2 Å². The second kappa shape index (κ2) is 5.72. The van der Waals surface area contributed by atoms with Gasteiger partial charge < -0.3 is 0 Å². The van der Waals surface area contributed by atoms with Gasteiger partial charge in [0.2, 0.25) is 0 Å². The van der Waals surface area contributed by atoms with E-state index in [1.165, 1.54) is 23.5 Å². The van der Waals surface area contributed by atoms with Crippen molar-refractivity contribution in [2.45, 2.75) is 18.7 Å². The van der Waals surface area contributed by atoms with E-state index in [2.05, 4.69) is 10.3 Å². The average Bonchev–Trinajstić information content (AvgIpc) is 2.84. The fourth-order valence-corrected chi connectivity index (χ4v) is 3.41. The van der Waals surface area contributed by atoms with Crippen LogP contribution in [0.5, 0.6) is 0 Å². The van der Waals surface area contributed by atoms with Gasteiger partial charge in [0.1, 0.15) is 0 Å². The molecule has 0 aliphatic heterocycles. The fourth-order valence-electron chi connectivity index (χ4n) is 1.66. The lowest BCUT2D eigenvalue weighted by molar-refractivity contribution is 0.102. The molecule has 1 amide bonds. The highest BCUT2D eigenvalue weighted by Crippen LogP contribution is 2.21. The third-order valence-electron chi connectivity index (χ3n) is 2.69. The second-order valence-electron chi connectivity index (χ2n) is 4.13. The van der Waals surface area contributed by atoms with Crippen molar-refractivity contribution in [1.82, 2.24) is 4.98 Å². The van der Waals surface area contributed by atoms with E-state index in [4.69, 9.17) is 0 Å². The molecule has 1 heterocycles. The molecule has 0 saturated carbocycles. The molecule has 0 bridgehead atoms. The maximum atomic E-state index is 12.2. The summed E-state index contributed by atoms with van der Waals surface area (Å²) in [6.07, 6.45) is 1.65. The molecule has 20 heavy (non-hydrogen) atoms. The first kappa shape index (κ1) is 14.7. The van der Waals surface area contributed by atoms with E-state index in [0.29, 0.717) is 5.13 Å². The maximum absolute atomic E-state index is 12.2. The molecule has 2 rings (SSSR count). The van der Waals surface area contributed by atoms with E-state index in [1.807, 2.05) is 6.92 Å². The Kier molecular flexibility index (Phi) is 4.20. The molecule has 2 aromatic rings. The smallest absolute Gasteiger partial charge is 0.258 e. The highest BCUT2D eigenvalue weighted by atomic mass is 32.2. The zero-order valence-electron chi connectivity index (χ0n) is 11.1. The Morgan fingerprint density at radius 2 is 2.05 bits per heavy atom. The van der Waals surface area contributed by atoms with Gasteiger partial charge in [-0.15, -0.1) is 11.3 Å². The van der Waals surface area contributed by atoms with Crippen LogP contribution in [0.1, 0.15) is 22.2 Å². The van der Waals surface area contributed by atoms with E-state index in [9.17, 15) is 13.2 Å². The standard InChI is InChI=1S/C13H14N2O3S2/c1-3-20(17,18)11-7-5-4-6-10(11)12(16)15-13-14-8-9(2)19-13/h4-8H,3H2,1-2H3,(H,14,15,16). The van der Waals surface area contributed by atoms with Crippen LogP contribution in [0.25, 0.3) is 0 Å². The number of hydrogen-bond donors (Lipinski definition) is 1. The van der Waals surface area contributed by atoms with Gasteiger partial charge in [-0.1, -0.05) is 19.1 Å². The van der Waals surface area contributed by atoms with Gasteiger partial charge >= 0.3 is 0 Å². The van der Waals surface area contributed by atoms with Crippen LogP contribution < -0.4 is 5.32 Å². The molecular formula is C13H14N2O3S2. The Bertz CT molecular complexity index is 736. The molecule has 0 unspecified atom stereocenters. The van der Waals surface area contributed by atoms with Gasteiger partial charge in [0.25, 0.3) is 5.91 Å². The van der Waals surface area contributed by atoms with Crippen LogP contribution >= 0.6 is 11.3 Å². The van der Waals surface area contributed by atoms with Crippen molar-refractivity contribution < 1.29 is 13.2 Å². The number of nitrogens with one attached hydrogen (secondary N) is 1. The number of thiazole rings is 1. The van der Waals surface area contributed by atoms with Gasteiger partial charge in [-0.25, -0.2) is 13.4 Å². The number of nitrogens with zero attached hydrogens (tertiary/aromatic N) is 1. The number of aromatic nitrogens is 1. The molecule has 0 radical (unpaired) electrons. The van der Waals surface area contributed by atoms with Crippen LogP contribution in [0.2, 0.25) is 0 Å². The summed E-state index contributed by atoms with van der Waals surface area (Å²) in [6.45, 7) is 3.43. The van der Waals surface area contributed by atoms with E-state index in [0.717, 1.165) is 4.88 Å². The molecule has 0 saturated heterocycles. The van der Waals surface area contributed by atoms with Gasteiger partial charge in [-0.05, 0) is 19.1 Å². The van der Waals surface area contributed by atoms with Crippen LogP contribution in [-0.2, 0) is 9.84 Å². The van der Waals surface area contributed by atoms with Crippen molar-refractivity contribution in [3.8, 4) is 0 Å².